The molecule has 0 N–H and O–H groups in total. The van der Waals surface area contributed by atoms with E-state index in [-0.39, 0.29) is 5.69 Å². The molecular weight excluding hydrogens is 172 g/mol. The molecule has 0 aliphatic carbocycles. The van der Waals surface area contributed by atoms with Crippen molar-refractivity contribution in [3.63, 3.8) is 0 Å². The number of non-ortho nitro benzene ring substituents is 1. The van der Waals surface area contributed by atoms with E-state index < -0.39 is 4.92 Å². The molecule has 0 unspecified atom stereocenters. The van der Waals surface area contributed by atoms with Crippen LogP contribution in [0.1, 0.15) is 5.76 Å². The summed E-state index contributed by atoms with van der Waals surface area (Å²) in [6.07, 6.45) is 0. The van der Waals surface area contributed by atoms with Gasteiger partial charge in [-0.1, -0.05) is 5.16 Å². The zero-order valence-electron chi connectivity index (χ0n) is 6.85. The number of rotatable bonds is 1. The highest BCUT2D eigenvalue weighted by atomic mass is 16.6. The number of benzene rings is 1. The number of fused-ring (bicyclic) bond motifs is 1. The van der Waals surface area contributed by atoms with Gasteiger partial charge in [-0.3, -0.25) is 10.1 Å². The lowest BCUT2D eigenvalue weighted by molar-refractivity contribution is -0.384. The maximum atomic E-state index is 10.4. The average molecular weight is 178 g/mol. The molecule has 2 aromatic rings. The molecule has 0 aliphatic heterocycles. The zero-order chi connectivity index (χ0) is 9.42. The molecule has 5 heteroatoms. The molecule has 66 valence electrons. The van der Waals surface area contributed by atoms with Crippen LogP contribution in [0.2, 0.25) is 0 Å². The Morgan fingerprint density at radius 1 is 1.54 bits per heavy atom. The SMILES string of the molecule is Cc1onc2ccc([N+](=O)[O-])cc12. The third kappa shape index (κ3) is 1.14. The van der Waals surface area contributed by atoms with Gasteiger partial charge in [-0.05, 0) is 13.0 Å². The van der Waals surface area contributed by atoms with Gasteiger partial charge in [0, 0.05) is 12.1 Å². The summed E-state index contributed by atoms with van der Waals surface area (Å²) in [4.78, 5) is 9.99. The molecule has 0 radical (unpaired) electrons. The van der Waals surface area contributed by atoms with Gasteiger partial charge in [0.15, 0.2) is 0 Å². The minimum Gasteiger partial charge on any atom is -0.360 e. The number of hydrogen-bond donors (Lipinski definition) is 0. The molecule has 1 heterocycles. The monoisotopic (exact) mass is 178 g/mol. The van der Waals surface area contributed by atoms with Crippen LogP contribution in [-0.2, 0) is 0 Å². The predicted molar refractivity (Wildman–Crippen MR) is 45.4 cm³/mol. The highest BCUT2D eigenvalue weighted by Gasteiger charge is 2.10. The Balaban J connectivity index is 2.72. The fraction of sp³-hybridized carbons (Fsp3) is 0.125. The Bertz CT molecular complexity index is 475. The molecule has 1 aromatic heterocycles. The summed E-state index contributed by atoms with van der Waals surface area (Å²) in [6.45, 7) is 1.72. The van der Waals surface area contributed by atoms with E-state index in [0.29, 0.717) is 16.7 Å². The maximum Gasteiger partial charge on any atom is 0.270 e. The molecule has 0 saturated heterocycles. The van der Waals surface area contributed by atoms with Gasteiger partial charge >= 0.3 is 0 Å². The van der Waals surface area contributed by atoms with Crippen LogP contribution in [0.4, 0.5) is 5.69 Å². The lowest BCUT2D eigenvalue weighted by atomic mass is 10.2. The highest BCUT2D eigenvalue weighted by molar-refractivity contribution is 5.82. The average Bonchev–Trinajstić information content (AvgIpc) is 2.47. The topological polar surface area (TPSA) is 69.2 Å². The molecule has 2 rings (SSSR count). The van der Waals surface area contributed by atoms with Crippen LogP contribution >= 0.6 is 0 Å². The van der Waals surface area contributed by atoms with Crippen molar-refractivity contribution < 1.29 is 9.45 Å². The summed E-state index contributed by atoms with van der Waals surface area (Å²) in [6, 6.07) is 4.44. The van der Waals surface area contributed by atoms with E-state index in [4.69, 9.17) is 4.52 Å². The van der Waals surface area contributed by atoms with Gasteiger partial charge in [0.25, 0.3) is 5.69 Å². The summed E-state index contributed by atoms with van der Waals surface area (Å²) >= 11 is 0. The first-order valence-electron chi connectivity index (χ1n) is 3.69. The van der Waals surface area contributed by atoms with Crippen molar-refractivity contribution in [1.82, 2.24) is 5.16 Å². The first-order valence-corrected chi connectivity index (χ1v) is 3.69. The Morgan fingerprint density at radius 2 is 2.31 bits per heavy atom. The molecule has 0 aliphatic rings. The Labute approximate surface area is 73.1 Å². The van der Waals surface area contributed by atoms with Gasteiger partial charge in [-0.15, -0.1) is 0 Å². The molecule has 0 spiro atoms. The van der Waals surface area contributed by atoms with Gasteiger partial charge in [0.05, 0.1) is 10.3 Å². The van der Waals surface area contributed by atoms with Crippen molar-refractivity contribution in [1.29, 1.82) is 0 Å². The second kappa shape index (κ2) is 2.55. The first-order chi connectivity index (χ1) is 6.18. The summed E-state index contributed by atoms with van der Waals surface area (Å²) in [7, 11) is 0. The van der Waals surface area contributed by atoms with Crippen molar-refractivity contribution in [2.75, 3.05) is 0 Å². The van der Waals surface area contributed by atoms with Gasteiger partial charge in [0.1, 0.15) is 11.3 Å². The third-order valence-electron chi connectivity index (χ3n) is 1.85. The van der Waals surface area contributed by atoms with Crippen molar-refractivity contribution in [3.8, 4) is 0 Å². The molecule has 0 bridgehead atoms. The fourth-order valence-corrected chi connectivity index (χ4v) is 1.17. The van der Waals surface area contributed by atoms with E-state index in [2.05, 4.69) is 5.16 Å². The van der Waals surface area contributed by atoms with E-state index in [0.717, 1.165) is 0 Å². The van der Waals surface area contributed by atoms with Crippen molar-refractivity contribution in [2.24, 2.45) is 0 Å². The minimum absolute atomic E-state index is 0.0544. The first kappa shape index (κ1) is 7.72. The summed E-state index contributed by atoms with van der Waals surface area (Å²) in [5.41, 5.74) is 0.696. The normalized spacial score (nSPS) is 10.5. The minimum atomic E-state index is -0.439. The van der Waals surface area contributed by atoms with E-state index in [1.54, 1.807) is 13.0 Å². The Hall–Kier alpha value is -1.91. The summed E-state index contributed by atoms with van der Waals surface area (Å²) in [5.74, 6) is 0.596. The zero-order valence-corrected chi connectivity index (χ0v) is 6.85. The number of aromatic nitrogens is 1. The molecular formula is C8H6N2O3. The largest absolute Gasteiger partial charge is 0.360 e. The summed E-state index contributed by atoms with van der Waals surface area (Å²) in [5, 5.41) is 14.8. The van der Waals surface area contributed by atoms with Crippen LogP contribution in [0.15, 0.2) is 22.7 Å². The second-order valence-corrected chi connectivity index (χ2v) is 2.70. The Kier molecular flexibility index (Phi) is 1.51. The van der Waals surface area contributed by atoms with E-state index >= 15 is 0 Å². The standard InChI is InChI=1S/C8H6N2O3/c1-5-7-4-6(10(11)12)2-3-8(7)9-13-5/h2-4H,1H3. The number of hydrogen-bond acceptors (Lipinski definition) is 4. The number of nitro groups is 1. The third-order valence-corrected chi connectivity index (χ3v) is 1.85. The number of aryl methyl sites for hydroxylation is 1. The van der Waals surface area contributed by atoms with E-state index in [1.165, 1.54) is 12.1 Å². The van der Waals surface area contributed by atoms with Crippen LogP contribution in [0, 0.1) is 17.0 Å². The van der Waals surface area contributed by atoms with Crippen LogP contribution in [0.25, 0.3) is 10.9 Å². The van der Waals surface area contributed by atoms with Crippen LogP contribution in [0.5, 0.6) is 0 Å². The van der Waals surface area contributed by atoms with Gasteiger partial charge < -0.3 is 4.52 Å². The van der Waals surface area contributed by atoms with E-state index in [9.17, 15) is 10.1 Å². The lowest BCUT2D eigenvalue weighted by Crippen LogP contribution is -1.86. The lowest BCUT2D eigenvalue weighted by Gasteiger charge is -1.89. The van der Waals surface area contributed by atoms with E-state index in [1.807, 2.05) is 0 Å². The van der Waals surface area contributed by atoms with Crippen LogP contribution in [0.3, 0.4) is 0 Å². The molecule has 13 heavy (non-hydrogen) atoms. The fourth-order valence-electron chi connectivity index (χ4n) is 1.17. The molecule has 0 amide bonds. The van der Waals surface area contributed by atoms with Crippen molar-refractivity contribution >= 4 is 16.6 Å². The second-order valence-electron chi connectivity index (χ2n) is 2.70. The number of nitrogens with zero attached hydrogens (tertiary/aromatic N) is 2. The molecule has 0 saturated carbocycles. The molecule has 0 fully saturated rings. The van der Waals surface area contributed by atoms with Gasteiger partial charge in [-0.25, -0.2) is 0 Å². The summed E-state index contributed by atoms with van der Waals surface area (Å²) < 4.78 is 4.88. The smallest absolute Gasteiger partial charge is 0.270 e. The molecule has 1 aromatic carbocycles. The number of nitro benzene ring substituents is 1. The van der Waals surface area contributed by atoms with Gasteiger partial charge in [-0.2, -0.15) is 0 Å². The highest BCUT2D eigenvalue weighted by Crippen LogP contribution is 2.22. The van der Waals surface area contributed by atoms with Crippen molar-refractivity contribution in [3.05, 3.63) is 34.1 Å². The Morgan fingerprint density at radius 3 is 3.00 bits per heavy atom. The molecule has 5 nitrogen and oxygen atoms in total. The quantitative estimate of drug-likeness (QED) is 0.495. The van der Waals surface area contributed by atoms with Crippen molar-refractivity contribution in [2.45, 2.75) is 6.92 Å². The maximum absolute atomic E-state index is 10.4. The predicted octanol–water partition coefficient (Wildman–Crippen LogP) is 2.04. The van der Waals surface area contributed by atoms with Crippen LogP contribution in [-0.4, -0.2) is 10.1 Å². The molecule has 0 atom stereocenters. The van der Waals surface area contributed by atoms with Crippen LogP contribution < -0.4 is 0 Å². The van der Waals surface area contributed by atoms with Gasteiger partial charge in [0.2, 0.25) is 0 Å².